The Morgan fingerprint density at radius 3 is 2.78 bits per heavy atom. The normalized spacial score (nSPS) is 16.7. The third-order valence-electron chi connectivity index (χ3n) is 2.97. The van der Waals surface area contributed by atoms with Gasteiger partial charge in [-0.1, -0.05) is 0 Å². The van der Waals surface area contributed by atoms with E-state index in [0.29, 0.717) is 18.2 Å². The fraction of sp³-hybridized carbons (Fsp3) is 0.500. The van der Waals surface area contributed by atoms with Gasteiger partial charge >= 0.3 is 0 Å². The van der Waals surface area contributed by atoms with Crippen LogP contribution in [0.4, 0.5) is 10.1 Å². The molecule has 1 fully saturated rings. The van der Waals surface area contributed by atoms with Gasteiger partial charge in [0.05, 0.1) is 11.0 Å². The average Bonchev–Trinajstić information content (AvgIpc) is 2.37. The molecule has 1 heterocycles. The molecule has 1 aliphatic heterocycles. The van der Waals surface area contributed by atoms with E-state index in [1.54, 1.807) is 0 Å². The Morgan fingerprint density at radius 1 is 1.39 bits per heavy atom. The van der Waals surface area contributed by atoms with Crippen molar-refractivity contribution in [1.82, 2.24) is 5.32 Å². The summed E-state index contributed by atoms with van der Waals surface area (Å²) in [7, 11) is 0. The van der Waals surface area contributed by atoms with Crippen LogP contribution >= 0.6 is 0 Å². The number of hydrogen-bond donors (Lipinski definition) is 1. The van der Waals surface area contributed by atoms with E-state index >= 15 is 0 Å². The van der Waals surface area contributed by atoms with E-state index in [9.17, 15) is 14.5 Å². The first kappa shape index (κ1) is 12.9. The van der Waals surface area contributed by atoms with E-state index in [2.05, 4.69) is 5.32 Å². The van der Waals surface area contributed by atoms with Crippen molar-refractivity contribution >= 4 is 5.69 Å². The Balaban J connectivity index is 1.97. The lowest BCUT2D eigenvalue weighted by Crippen LogP contribution is -2.34. The second kappa shape index (κ2) is 5.88. The number of non-ortho nitro benzene ring substituents is 1. The van der Waals surface area contributed by atoms with E-state index < -0.39 is 10.7 Å². The van der Waals surface area contributed by atoms with Crippen molar-refractivity contribution in [3.63, 3.8) is 0 Å². The lowest BCUT2D eigenvalue weighted by Gasteiger charge is -2.23. The van der Waals surface area contributed by atoms with Gasteiger partial charge in [-0.05, 0) is 24.5 Å². The Kier molecular flexibility index (Phi) is 4.22. The molecule has 1 aliphatic rings. The maximum atomic E-state index is 13.2. The van der Waals surface area contributed by atoms with Crippen LogP contribution in [0.3, 0.4) is 0 Å². The molecule has 2 rings (SSSR count). The number of nitro benzene ring substituents is 1. The summed E-state index contributed by atoms with van der Waals surface area (Å²) < 4.78 is 18.4. The first-order chi connectivity index (χ1) is 8.65. The van der Waals surface area contributed by atoms with Gasteiger partial charge in [0.25, 0.3) is 5.69 Å². The molecule has 1 aromatic carbocycles. The fourth-order valence-electron chi connectivity index (χ4n) is 2.00. The molecule has 6 heteroatoms. The number of ether oxygens (including phenoxy) is 1. The summed E-state index contributed by atoms with van der Waals surface area (Å²) in [6.07, 6.45) is 1.83. The predicted octanol–water partition coefficient (Wildman–Crippen LogP) is 2.00. The summed E-state index contributed by atoms with van der Waals surface area (Å²) in [5, 5.41) is 13.9. The monoisotopic (exact) mass is 254 g/mol. The molecule has 18 heavy (non-hydrogen) atoms. The number of nitrogens with one attached hydrogen (secondary N) is 1. The maximum Gasteiger partial charge on any atom is 0.272 e. The Hall–Kier alpha value is -1.53. The third kappa shape index (κ3) is 3.48. The largest absolute Gasteiger partial charge is 0.381 e. The smallest absolute Gasteiger partial charge is 0.272 e. The van der Waals surface area contributed by atoms with E-state index in [1.165, 1.54) is 12.1 Å². The maximum absolute atomic E-state index is 13.2. The van der Waals surface area contributed by atoms with Crippen molar-refractivity contribution in [3.8, 4) is 0 Å². The van der Waals surface area contributed by atoms with Gasteiger partial charge in [-0.15, -0.1) is 0 Å². The van der Waals surface area contributed by atoms with Crippen molar-refractivity contribution in [3.05, 3.63) is 39.7 Å². The van der Waals surface area contributed by atoms with Crippen molar-refractivity contribution in [2.45, 2.75) is 25.4 Å². The second-order valence-electron chi connectivity index (χ2n) is 4.34. The van der Waals surface area contributed by atoms with Crippen LogP contribution in [-0.4, -0.2) is 24.2 Å². The lowest BCUT2D eigenvalue weighted by molar-refractivity contribution is -0.385. The fourth-order valence-corrected chi connectivity index (χ4v) is 2.00. The molecule has 0 aromatic heterocycles. The number of halogens is 1. The SMILES string of the molecule is O=[N+]([O-])c1cc(F)cc(CNC2CCOCC2)c1. The minimum Gasteiger partial charge on any atom is -0.381 e. The number of nitro groups is 1. The standard InChI is InChI=1S/C12H15FN2O3/c13-10-5-9(6-12(7-10)15(16)17)8-14-11-1-3-18-4-2-11/h5-7,11,14H,1-4,8H2. The highest BCUT2D eigenvalue weighted by Gasteiger charge is 2.14. The van der Waals surface area contributed by atoms with Crippen molar-refractivity contribution in [1.29, 1.82) is 0 Å². The third-order valence-corrected chi connectivity index (χ3v) is 2.97. The Morgan fingerprint density at radius 2 is 2.11 bits per heavy atom. The summed E-state index contributed by atoms with van der Waals surface area (Å²) in [5.74, 6) is -0.576. The highest BCUT2D eigenvalue weighted by atomic mass is 19.1. The highest BCUT2D eigenvalue weighted by Crippen LogP contribution is 2.17. The van der Waals surface area contributed by atoms with Gasteiger partial charge in [0, 0.05) is 31.9 Å². The van der Waals surface area contributed by atoms with Crippen molar-refractivity contribution in [2.24, 2.45) is 0 Å². The quantitative estimate of drug-likeness (QED) is 0.659. The molecule has 1 aromatic rings. The summed E-state index contributed by atoms with van der Waals surface area (Å²) in [6, 6.07) is 3.98. The molecule has 98 valence electrons. The zero-order chi connectivity index (χ0) is 13.0. The van der Waals surface area contributed by atoms with E-state index in [1.807, 2.05) is 0 Å². The predicted molar refractivity (Wildman–Crippen MR) is 63.7 cm³/mol. The van der Waals surface area contributed by atoms with Gasteiger partial charge in [0.15, 0.2) is 0 Å². The summed E-state index contributed by atoms with van der Waals surface area (Å²) in [6.45, 7) is 1.88. The van der Waals surface area contributed by atoms with E-state index in [0.717, 1.165) is 32.1 Å². The molecule has 0 radical (unpaired) electrons. The molecule has 0 atom stereocenters. The van der Waals surface area contributed by atoms with Crippen LogP contribution < -0.4 is 5.32 Å². The molecular formula is C12H15FN2O3. The van der Waals surface area contributed by atoms with Crippen LogP contribution in [0.2, 0.25) is 0 Å². The summed E-state index contributed by atoms with van der Waals surface area (Å²) in [5.41, 5.74) is 0.381. The number of benzene rings is 1. The van der Waals surface area contributed by atoms with Gasteiger partial charge in [-0.2, -0.15) is 0 Å². The van der Waals surface area contributed by atoms with Gasteiger partial charge in [0.1, 0.15) is 5.82 Å². The molecule has 0 bridgehead atoms. The van der Waals surface area contributed by atoms with Gasteiger partial charge < -0.3 is 10.1 Å². The van der Waals surface area contributed by atoms with Gasteiger partial charge in [-0.25, -0.2) is 4.39 Å². The van der Waals surface area contributed by atoms with Gasteiger partial charge in [0.2, 0.25) is 0 Å². The zero-order valence-corrected chi connectivity index (χ0v) is 9.89. The number of rotatable bonds is 4. The first-order valence-corrected chi connectivity index (χ1v) is 5.90. The van der Waals surface area contributed by atoms with Crippen molar-refractivity contribution in [2.75, 3.05) is 13.2 Å². The average molecular weight is 254 g/mol. The summed E-state index contributed by atoms with van der Waals surface area (Å²) >= 11 is 0. The van der Waals surface area contributed by atoms with Crippen molar-refractivity contribution < 1.29 is 14.1 Å². The molecule has 5 nitrogen and oxygen atoms in total. The molecular weight excluding hydrogens is 239 g/mol. The van der Waals surface area contributed by atoms with E-state index in [4.69, 9.17) is 4.74 Å². The number of hydrogen-bond acceptors (Lipinski definition) is 4. The molecule has 0 spiro atoms. The molecule has 0 aliphatic carbocycles. The Bertz CT molecular complexity index is 433. The van der Waals surface area contributed by atoms with E-state index in [-0.39, 0.29) is 5.69 Å². The lowest BCUT2D eigenvalue weighted by atomic mass is 10.1. The van der Waals surface area contributed by atoms with Crippen LogP contribution in [-0.2, 0) is 11.3 Å². The molecule has 0 saturated carbocycles. The van der Waals surface area contributed by atoms with Gasteiger partial charge in [-0.3, -0.25) is 10.1 Å². The van der Waals surface area contributed by atoms with Crippen LogP contribution in [0.15, 0.2) is 18.2 Å². The molecule has 1 N–H and O–H groups in total. The minimum absolute atomic E-state index is 0.209. The van der Waals surface area contributed by atoms with Crippen LogP contribution in [0.25, 0.3) is 0 Å². The van der Waals surface area contributed by atoms with Crippen LogP contribution in [0.1, 0.15) is 18.4 Å². The topological polar surface area (TPSA) is 64.4 Å². The molecule has 0 amide bonds. The Labute approximate surface area is 104 Å². The first-order valence-electron chi connectivity index (χ1n) is 5.90. The second-order valence-corrected chi connectivity index (χ2v) is 4.34. The van der Waals surface area contributed by atoms with Crippen LogP contribution in [0.5, 0.6) is 0 Å². The summed E-state index contributed by atoms with van der Waals surface area (Å²) in [4.78, 5) is 10.0. The molecule has 0 unspecified atom stereocenters. The van der Waals surface area contributed by atoms with Crippen LogP contribution in [0, 0.1) is 15.9 Å². The minimum atomic E-state index is -0.582. The molecule has 1 saturated heterocycles. The zero-order valence-electron chi connectivity index (χ0n) is 9.89. The highest BCUT2D eigenvalue weighted by molar-refractivity contribution is 5.35. The number of nitrogens with zero attached hydrogens (tertiary/aromatic N) is 1.